The molecular weight excluding hydrogens is 200 g/mol. The van der Waals surface area contributed by atoms with Crippen LogP contribution in [0.2, 0.25) is 0 Å². The lowest BCUT2D eigenvalue weighted by atomic mass is 9.79. The highest BCUT2D eigenvalue weighted by molar-refractivity contribution is 5.79. The molecule has 92 valence electrons. The lowest BCUT2D eigenvalue weighted by Gasteiger charge is -2.33. The van der Waals surface area contributed by atoms with Crippen molar-refractivity contribution >= 4 is 5.91 Å². The average molecular weight is 224 g/mol. The molecule has 0 aromatic carbocycles. The maximum absolute atomic E-state index is 12.0. The lowest BCUT2D eigenvalue weighted by molar-refractivity contribution is -0.127. The van der Waals surface area contributed by atoms with Crippen LogP contribution in [0.1, 0.15) is 46.0 Å². The Morgan fingerprint density at radius 1 is 1.44 bits per heavy atom. The van der Waals surface area contributed by atoms with Crippen LogP contribution < -0.4 is 11.1 Å². The van der Waals surface area contributed by atoms with Crippen LogP contribution in [0.4, 0.5) is 0 Å². The molecule has 2 rings (SSSR count). The van der Waals surface area contributed by atoms with Crippen molar-refractivity contribution < 1.29 is 4.79 Å². The van der Waals surface area contributed by atoms with Crippen molar-refractivity contribution in [2.45, 2.75) is 52.0 Å². The molecule has 0 spiro atoms. The molecule has 2 fully saturated rings. The van der Waals surface area contributed by atoms with Crippen molar-refractivity contribution in [2.24, 2.45) is 23.0 Å². The highest BCUT2D eigenvalue weighted by Gasteiger charge is 2.39. The second-order valence-electron chi connectivity index (χ2n) is 6.28. The summed E-state index contributed by atoms with van der Waals surface area (Å²) in [7, 11) is 0. The lowest BCUT2D eigenvalue weighted by Crippen LogP contribution is -2.45. The summed E-state index contributed by atoms with van der Waals surface area (Å²) in [6.07, 6.45) is 5.59. The molecule has 0 aromatic heterocycles. The third kappa shape index (κ3) is 2.40. The Balaban J connectivity index is 1.75. The first-order valence-electron chi connectivity index (χ1n) is 6.52. The summed E-state index contributed by atoms with van der Waals surface area (Å²) >= 11 is 0. The third-order valence-electron chi connectivity index (χ3n) is 4.41. The molecule has 2 aliphatic carbocycles. The predicted octanol–water partition coefficient (Wildman–Crippen LogP) is 1.67. The Kier molecular flexibility index (Phi) is 3.24. The van der Waals surface area contributed by atoms with Gasteiger partial charge in [0.1, 0.15) is 0 Å². The molecule has 0 bridgehead atoms. The van der Waals surface area contributed by atoms with Crippen LogP contribution in [0.5, 0.6) is 0 Å². The molecule has 2 aliphatic rings. The van der Waals surface area contributed by atoms with E-state index in [1.807, 2.05) is 0 Å². The van der Waals surface area contributed by atoms with Gasteiger partial charge in [0, 0.05) is 18.5 Å². The first-order chi connectivity index (χ1) is 7.49. The van der Waals surface area contributed by atoms with E-state index >= 15 is 0 Å². The normalized spacial score (nSPS) is 36.8. The molecule has 1 atom stereocenters. The van der Waals surface area contributed by atoms with Crippen LogP contribution in [0.25, 0.3) is 0 Å². The summed E-state index contributed by atoms with van der Waals surface area (Å²) in [4.78, 5) is 12.0. The van der Waals surface area contributed by atoms with Gasteiger partial charge < -0.3 is 11.1 Å². The topological polar surface area (TPSA) is 55.1 Å². The number of rotatable bonds is 3. The van der Waals surface area contributed by atoms with Crippen LogP contribution in [0, 0.1) is 17.3 Å². The fourth-order valence-electron chi connectivity index (χ4n) is 3.13. The quantitative estimate of drug-likeness (QED) is 0.766. The van der Waals surface area contributed by atoms with E-state index in [0.29, 0.717) is 12.0 Å². The van der Waals surface area contributed by atoms with Crippen molar-refractivity contribution in [3.05, 3.63) is 0 Å². The Bertz CT molecular complexity index is 269. The summed E-state index contributed by atoms with van der Waals surface area (Å²) in [6, 6.07) is 0.379. The largest absolute Gasteiger partial charge is 0.356 e. The van der Waals surface area contributed by atoms with Crippen molar-refractivity contribution in [3.63, 3.8) is 0 Å². The third-order valence-corrected chi connectivity index (χ3v) is 4.41. The van der Waals surface area contributed by atoms with Gasteiger partial charge in [-0.3, -0.25) is 4.79 Å². The van der Waals surface area contributed by atoms with Crippen molar-refractivity contribution in [1.29, 1.82) is 0 Å². The molecule has 16 heavy (non-hydrogen) atoms. The first kappa shape index (κ1) is 11.9. The van der Waals surface area contributed by atoms with Gasteiger partial charge in [0.05, 0.1) is 0 Å². The number of hydrogen-bond donors (Lipinski definition) is 2. The van der Waals surface area contributed by atoms with Gasteiger partial charge in [0.15, 0.2) is 0 Å². The van der Waals surface area contributed by atoms with E-state index in [1.54, 1.807) is 0 Å². The minimum atomic E-state index is 0.195. The molecule has 2 saturated carbocycles. The monoisotopic (exact) mass is 224 g/mol. The fourth-order valence-corrected chi connectivity index (χ4v) is 3.13. The van der Waals surface area contributed by atoms with Gasteiger partial charge in [-0.1, -0.05) is 20.3 Å². The van der Waals surface area contributed by atoms with E-state index in [9.17, 15) is 4.79 Å². The predicted molar refractivity (Wildman–Crippen MR) is 64.8 cm³/mol. The number of carbonyl (C=O) groups is 1. The molecule has 3 N–H and O–H groups in total. The van der Waals surface area contributed by atoms with E-state index in [-0.39, 0.29) is 17.2 Å². The molecule has 0 saturated heterocycles. The van der Waals surface area contributed by atoms with E-state index in [2.05, 4.69) is 19.2 Å². The smallest absolute Gasteiger partial charge is 0.223 e. The molecule has 0 aliphatic heterocycles. The zero-order valence-electron chi connectivity index (χ0n) is 10.5. The fraction of sp³-hybridized carbons (Fsp3) is 0.923. The second-order valence-corrected chi connectivity index (χ2v) is 6.28. The minimum absolute atomic E-state index is 0.195. The number of amides is 1. The summed E-state index contributed by atoms with van der Waals surface area (Å²) in [5, 5.41) is 3.11. The van der Waals surface area contributed by atoms with E-state index < -0.39 is 0 Å². The van der Waals surface area contributed by atoms with E-state index in [0.717, 1.165) is 25.8 Å². The van der Waals surface area contributed by atoms with Crippen LogP contribution in [0.3, 0.4) is 0 Å². The van der Waals surface area contributed by atoms with Gasteiger partial charge in [-0.15, -0.1) is 0 Å². The number of nitrogens with two attached hydrogens (primary N) is 1. The highest BCUT2D eigenvalue weighted by Crippen LogP contribution is 2.42. The highest BCUT2D eigenvalue weighted by atomic mass is 16.1. The van der Waals surface area contributed by atoms with Gasteiger partial charge in [0.25, 0.3) is 0 Å². The van der Waals surface area contributed by atoms with Gasteiger partial charge in [-0.25, -0.2) is 0 Å². The van der Waals surface area contributed by atoms with Gasteiger partial charge in [0.2, 0.25) is 5.91 Å². The summed E-state index contributed by atoms with van der Waals surface area (Å²) < 4.78 is 0. The van der Waals surface area contributed by atoms with Gasteiger partial charge in [-0.2, -0.15) is 0 Å². The second kappa shape index (κ2) is 4.36. The first-order valence-corrected chi connectivity index (χ1v) is 6.52. The molecule has 0 aromatic rings. The van der Waals surface area contributed by atoms with E-state index in [4.69, 9.17) is 5.73 Å². The summed E-state index contributed by atoms with van der Waals surface area (Å²) in [6.45, 7) is 5.26. The number of nitrogens with one attached hydrogen (secondary N) is 1. The molecule has 3 heteroatoms. The number of hydrogen-bond acceptors (Lipinski definition) is 2. The molecular formula is C13H24N2O. The van der Waals surface area contributed by atoms with Crippen LogP contribution in [0.15, 0.2) is 0 Å². The van der Waals surface area contributed by atoms with Crippen LogP contribution in [-0.4, -0.2) is 18.5 Å². The zero-order valence-corrected chi connectivity index (χ0v) is 10.5. The van der Waals surface area contributed by atoms with Crippen LogP contribution >= 0.6 is 0 Å². The van der Waals surface area contributed by atoms with Crippen molar-refractivity contribution in [2.75, 3.05) is 6.54 Å². The molecule has 1 unspecified atom stereocenters. The van der Waals surface area contributed by atoms with Gasteiger partial charge >= 0.3 is 0 Å². The Hall–Kier alpha value is -0.570. The maximum Gasteiger partial charge on any atom is 0.223 e. The SMILES string of the molecule is CC1(C)CCCC1C(=O)NCC1CC(N)C1. The minimum Gasteiger partial charge on any atom is -0.356 e. The molecule has 0 radical (unpaired) electrons. The summed E-state index contributed by atoms with van der Waals surface area (Å²) in [5.74, 6) is 1.12. The van der Waals surface area contributed by atoms with Crippen LogP contribution in [-0.2, 0) is 4.79 Å². The number of carbonyl (C=O) groups excluding carboxylic acids is 1. The Morgan fingerprint density at radius 3 is 2.62 bits per heavy atom. The Morgan fingerprint density at radius 2 is 2.12 bits per heavy atom. The Labute approximate surface area is 98.2 Å². The van der Waals surface area contributed by atoms with Crippen molar-refractivity contribution in [3.8, 4) is 0 Å². The molecule has 3 nitrogen and oxygen atoms in total. The molecule has 1 amide bonds. The van der Waals surface area contributed by atoms with Crippen molar-refractivity contribution in [1.82, 2.24) is 5.32 Å². The zero-order chi connectivity index (χ0) is 11.8. The molecule has 0 heterocycles. The average Bonchev–Trinajstić information content (AvgIpc) is 2.50. The standard InChI is InChI=1S/C13H24N2O/c1-13(2)5-3-4-11(13)12(16)15-8-9-6-10(14)7-9/h9-11H,3-8,14H2,1-2H3,(H,15,16). The summed E-state index contributed by atoms with van der Waals surface area (Å²) in [5.41, 5.74) is 5.92. The van der Waals surface area contributed by atoms with E-state index in [1.165, 1.54) is 12.8 Å². The maximum atomic E-state index is 12.0. The van der Waals surface area contributed by atoms with Gasteiger partial charge in [-0.05, 0) is 37.0 Å².